The molecule has 0 atom stereocenters. The highest BCUT2D eigenvalue weighted by molar-refractivity contribution is 5.92. The Hall–Kier alpha value is -2.24. The summed E-state index contributed by atoms with van der Waals surface area (Å²) in [6.45, 7) is 2.00. The van der Waals surface area contributed by atoms with E-state index < -0.39 is 5.97 Å². The van der Waals surface area contributed by atoms with Gasteiger partial charge in [0.1, 0.15) is 5.75 Å². The molecule has 0 saturated heterocycles. The molecule has 0 heterocycles. The van der Waals surface area contributed by atoms with E-state index in [0.717, 1.165) is 0 Å². The lowest BCUT2D eigenvalue weighted by Crippen LogP contribution is -2.27. The zero-order chi connectivity index (χ0) is 14.4. The van der Waals surface area contributed by atoms with Crippen molar-refractivity contribution in [1.82, 2.24) is 4.90 Å². The predicted molar refractivity (Wildman–Crippen MR) is 71.0 cm³/mol. The van der Waals surface area contributed by atoms with Crippen LogP contribution in [0.5, 0.6) is 5.75 Å². The van der Waals surface area contributed by atoms with Crippen LogP contribution in [0.15, 0.2) is 18.2 Å². The first-order valence-electron chi connectivity index (χ1n) is 5.84. The maximum absolute atomic E-state index is 11.8. The topological polar surface area (TPSA) is 81.9 Å². The van der Waals surface area contributed by atoms with Gasteiger partial charge in [-0.05, 0) is 19.1 Å². The van der Waals surface area contributed by atoms with Crippen molar-refractivity contribution in [2.45, 2.75) is 6.92 Å². The van der Waals surface area contributed by atoms with Crippen LogP contribution >= 0.6 is 0 Å². The van der Waals surface area contributed by atoms with E-state index in [2.05, 4.69) is 0 Å². The van der Waals surface area contributed by atoms with E-state index in [-0.39, 0.29) is 18.1 Å². The second-order valence-corrected chi connectivity index (χ2v) is 4.09. The van der Waals surface area contributed by atoms with E-state index >= 15 is 0 Å². The monoisotopic (exact) mass is 266 g/mol. The number of benzene rings is 1. The first-order chi connectivity index (χ1) is 8.93. The van der Waals surface area contributed by atoms with Crippen LogP contribution in [0.25, 0.3) is 0 Å². The van der Waals surface area contributed by atoms with Gasteiger partial charge in [0.15, 0.2) is 6.61 Å². The molecule has 0 fully saturated rings. The molecule has 0 bridgehead atoms. The summed E-state index contributed by atoms with van der Waals surface area (Å²) in [5.41, 5.74) is 6.33. The quantitative estimate of drug-likeness (QED) is 0.633. The Morgan fingerprint density at radius 1 is 1.26 bits per heavy atom. The molecule has 0 aliphatic heterocycles. The van der Waals surface area contributed by atoms with Gasteiger partial charge < -0.3 is 20.1 Å². The molecule has 104 valence electrons. The van der Waals surface area contributed by atoms with Crippen LogP contribution < -0.4 is 10.5 Å². The lowest BCUT2D eigenvalue weighted by molar-refractivity contribution is -0.131. The fraction of sp³-hybridized carbons (Fsp3) is 0.385. The normalized spacial score (nSPS) is 9.84. The number of anilines is 1. The standard InChI is InChI=1S/C13H18N2O4/c1-4-18-11-6-9(5-10(14)7-11)13(17)19-8-12(16)15(2)3/h5-7H,4,8,14H2,1-3H3. The Morgan fingerprint density at radius 3 is 2.53 bits per heavy atom. The number of nitrogens with zero attached hydrogens (tertiary/aromatic N) is 1. The van der Waals surface area contributed by atoms with Crippen LogP contribution in [0.3, 0.4) is 0 Å². The van der Waals surface area contributed by atoms with E-state index in [1.54, 1.807) is 20.2 Å². The molecule has 1 aromatic rings. The minimum Gasteiger partial charge on any atom is -0.494 e. The van der Waals surface area contributed by atoms with Crippen molar-refractivity contribution in [3.05, 3.63) is 23.8 Å². The maximum atomic E-state index is 11.8. The fourth-order valence-electron chi connectivity index (χ4n) is 1.33. The molecule has 1 aromatic carbocycles. The molecule has 0 radical (unpaired) electrons. The van der Waals surface area contributed by atoms with Crippen LogP contribution in [0.4, 0.5) is 5.69 Å². The Morgan fingerprint density at radius 2 is 1.95 bits per heavy atom. The predicted octanol–water partition coefficient (Wildman–Crippen LogP) is 0.912. The molecule has 1 amide bonds. The number of carbonyl (C=O) groups excluding carboxylic acids is 2. The van der Waals surface area contributed by atoms with Crippen LogP contribution in [0.1, 0.15) is 17.3 Å². The average Bonchev–Trinajstić information content (AvgIpc) is 2.35. The molecule has 0 aliphatic rings. The Bertz CT molecular complexity index is 472. The molecule has 0 spiro atoms. The highest BCUT2D eigenvalue weighted by Gasteiger charge is 2.13. The Kier molecular flexibility index (Phi) is 5.17. The number of esters is 1. The molecule has 0 aliphatic carbocycles. The molecule has 0 aromatic heterocycles. The van der Waals surface area contributed by atoms with Gasteiger partial charge in [-0.3, -0.25) is 4.79 Å². The zero-order valence-electron chi connectivity index (χ0n) is 11.3. The average molecular weight is 266 g/mol. The number of amides is 1. The highest BCUT2D eigenvalue weighted by Crippen LogP contribution is 2.19. The van der Waals surface area contributed by atoms with Gasteiger partial charge in [0.25, 0.3) is 5.91 Å². The smallest absolute Gasteiger partial charge is 0.338 e. The third-order valence-corrected chi connectivity index (χ3v) is 2.30. The molecule has 6 nitrogen and oxygen atoms in total. The minimum absolute atomic E-state index is 0.259. The number of likely N-dealkylation sites (N-methyl/N-ethyl adjacent to an activating group) is 1. The van der Waals surface area contributed by atoms with Crippen molar-refractivity contribution < 1.29 is 19.1 Å². The zero-order valence-corrected chi connectivity index (χ0v) is 11.3. The van der Waals surface area contributed by atoms with Gasteiger partial charge in [-0.2, -0.15) is 0 Å². The molecule has 19 heavy (non-hydrogen) atoms. The molecule has 2 N–H and O–H groups in total. The third-order valence-electron chi connectivity index (χ3n) is 2.30. The number of nitrogens with two attached hydrogens (primary N) is 1. The largest absolute Gasteiger partial charge is 0.494 e. The van der Waals surface area contributed by atoms with Gasteiger partial charge in [0.05, 0.1) is 12.2 Å². The summed E-state index contributed by atoms with van der Waals surface area (Å²) in [7, 11) is 3.17. The van der Waals surface area contributed by atoms with E-state index in [9.17, 15) is 9.59 Å². The Labute approximate surface area is 112 Å². The van der Waals surface area contributed by atoms with E-state index in [0.29, 0.717) is 18.0 Å². The van der Waals surface area contributed by atoms with Gasteiger partial charge in [-0.15, -0.1) is 0 Å². The molecule has 0 saturated carbocycles. The van der Waals surface area contributed by atoms with E-state index in [4.69, 9.17) is 15.2 Å². The number of carbonyl (C=O) groups is 2. The van der Waals surface area contributed by atoms with Crippen LogP contribution in [-0.2, 0) is 9.53 Å². The van der Waals surface area contributed by atoms with Crippen molar-refractivity contribution in [3.8, 4) is 5.75 Å². The van der Waals surface area contributed by atoms with E-state index in [1.807, 2.05) is 6.92 Å². The fourth-order valence-corrected chi connectivity index (χ4v) is 1.33. The van der Waals surface area contributed by atoms with Crippen molar-refractivity contribution in [1.29, 1.82) is 0 Å². The Balaban J connectivity index is 2.73. The summed E-state index contributed by atoms with van der Waals surface area (Å²) in [5, 5.41) is 0. The first-order valence-corrected chi connectivity index (χ1v) is 5.84. The number of hydrogen-bond acceptors (Lipinski definition) is 5. The lowest BCUT2D eigenvalue weighted by atomic mass is 10.2. The maximum Gasteiger partial charge on any atom is 0.338 e. The second-order valence-electron chi connectivity index (χ2n) is 4.09. The summed E-state index contributed by atoms with van der Waals surface area (Å²) in [6, 6.07) is 4.62. The summed E-state index contributed by atoms with van der Waals surface area (Å²) in [5.74, 6) is -0.404. The number of rotatable bonds is 5. The van der Waals surface area contributed by atoms with Crippen LogP contribution in [-0.4, -0.2) is 44.1 Å². The lowest BCUT2D eigenvalue weighted by Gasteiger charge is -2.11. The number of ether oxygens (including phenoxy) is 2. The van der Waals surface area contributed by atoms with Crippen molar-refractivity contribution in [3.63, 3.8) is 0 Å². The highest BCUT2D eigenvalue weighted by atomic mass is 16.5. The summed E-state index contributed by atoms with van der Waals surface area (Å²) < 4.78 is 10.2. The summed E-state index contributed by atoms with van der Waals surface area (Å²) >= 11 is 0. The van der Waals surface area contributed by atoms with Gasteiger partial charge in [-0.1, -0.05) is 0 Å². The minimum atomic E-state index is -0.608. The third kappa shape index (κ3) is 4.50. The van der Waals surface area contributed by atoms with Gasteiger partial charge in [0.2, 0.25) is 0 Å². The summed E-state index contributed by atoms with van der Waals surface area (Å²) in [6.07, 6.45) is 0. The van der Waals surface area contributed by atoms with E-state index in [1.165, 1.54) is 17.0 Å². The molecule has 0 unspecified atom stereocenters. The molecular weight excluding hydrogens is 248 g/mol. The van der Waals surface area contributed by atoms with Crippen molar-refractivity contribution in [2.24, 2.45) is 0 Å². The first kappa shape index (κ1) is 14.8. The molecule has 6 heteroatoms. The van der Waals surface area contributed by atoms with Gasteiger partial charge in [0, 0.05) is 25.8 Å². The molecule has 1 rings (SSSR count). The van der Waals surface area contributed by atoms with Crippen molar-refractivity contribution >= 4 is 17.6 Å². The van der Waals surface area contributed by atoms with Crippen molar-refractivity contribution in [2.75, 3.05) is 33.0 Å². The van der Waals surface area contributed by atoms with Crippen LogP contribution in [0, 0.1) is 0 Å². The second kappa shape index (κ2) is 6.63. The SMILES string of the molecule is CCOc1cc(N)cc(C(=O)OCC(=O)N(C)C)c1. The van der Waals surface area contributed by atoms with Gasteiger partial charge >= 0.3 is 5.97 Å². The number of nitrogen functional groups attached to an aromatic ring is 1. The van der Waals surface area contributed by atoms with Gasteiger partial charge in [-0.25, -0.2) is 4.79 Å². The van der Waals surface area contributed by atoms with Crippen LogP contribution in [0.2, 0.25) is 0 Å². The summed E-state index contributed by atoms with van der Waals surface area (Å²) in [4.78, 5) is 24.4. The molecular formula is C13H18N2O4. The number of hydrogen-bond donors (Lipinski definition) is 1.